The topological polar surface area (TPSA) is 95.9 Å². The van der Waals surface area contributed by atoms with Crippen LogP contribution in [-0.2, 0) is 14.3 Å². The molecule has 0 fully saturated rings. The van der Waals surface area contributed by atoms with Gasteiger partial charge in [-0.2, -0.15) is 0 Å². The lowest BCUT2D eigenvalue weighted by Gasteiger charge is -2.20. The molecule has 6 nitrogen and oxygen atoms in total. The molecule has 0 aromatic rings. The monoisotopic (exact) mass is 1250 g/mol. The van der Waals surface area contributed by atoms with E-state index in [0.29, 0.717) is 19.4 Å². The zero-order valence-corrected chi connectivity index (χ0v) is 60.7. The van der Waals surface area contributed by atoms with Gasteiger partial charge in [0.2, 0.25) is 5.91 Å². The summed E-state index contributed by atoms with van der Waals surface area (Å²) < 4.78 is 5.50. The Bertz CT molecular complexity index is 1400. The standard InChI is InChI=1S/C83H161NO5/c1-3-5-7-9-11-13-15-17-19-20-21-22-36-39-42-45-48-51-55-59-63-67-71-75-81(86)80(79-85)84-82(87)76-72-68-64-60-56-52-49-46-43-40-37-34-32-30-28-26-24-23-25-27-29-31-33-35-38-41-44-47-50-54-58-62-66-70-74-78-89-83(88)77-73-69-65-61-57-53-18-16-14-12-10-8-6-4-2/h25,27,71,75,80-81,85-86H,3-24,26,28-70,72-74,76-79H2,1-2H3,(H,84,87)/b27-25-,75-71+. The van der Waals surface area contributed by atoms with Gasteiger partial charge in [0.05, 0.1) is 25.4 Å². The first-order valence-electron chi connectivity index (χ1n) is 41.1. The summed E-state index contributed by atoms with van der Waals surface area (Å²) in [7, 11) is 0. The SMILES string of the molecule is CCCCCCCCCCCCCCCCCCCCCCC/C=C/C(O)C(CO)NC(=O)CCCCCCCCCCCCCCCCCCC/C=C\CCCCCCCCCCCCCCCCOC(=O)CCCCCCCCCCCCCCCC. The number of aliphatic hydroxyl groups is 2. The number of carbonyl (C=O) groups excluding carboxylic acids is 2. The molecular formula is C83H161NO5. The molecule has 0 spiro atoms. The third-order valence-corrected chi connectivity index (χ3v) is 19.5. The molecule has 6 heteroatoms. The van der Waals surface area contributed by atoms with E-state index in [2.05, 4.69) is 31.3 Å². The lowest BCUT2D eigenvalue weighted by atomic mass is 10.0. The average molecular weight is 1250 g/mol. The van der Waals surface area contributed by atoms with Crippen LogP contribution in [0.1, 0.15) is 470 Å². The number of nitrogens with one attached hydrogen (secondary N) is 1. The smallest absolute Gasteiger partial charge is 0.305 e. The predicted octanol–water partition coefficient (Wildman–Crippen LogP) is 27.2. The molecule has 2 atom stereocenters. The van der Waals surface area contributed by atoms with E-state index in [1.807, 2.05) is 6.08 Å². The summed E-state index contributed by atoms with van der Waals surface area (Å²) in [5.74, 6) is -0.0357. The molecule has 0 saturated heterocycles. The van der Waals surface area contributed by atoms with E-state index >= 15 is 0 Å². The molecule has 528 valence electrons. The highest BCUT2D eigenvalue weighted by Crippen LogP contribution is 2.20. The van der Waals surface area contributed by atoms with Crippen molar-refractivity contribution in [2.45, 2.75) is 482 Å². The van der Waals surface area contributed by atoms with Crippen molar-refractivity contribution in [3.05, 3.63) is 24.3 Å². The van der Waals surface area contributed by atoms with Gasteiger partial charge in [0.15, 0.2) is 0 Å². The maximum Gasteiger partial charge on any atom is 0.305 e. The Morgan fingerprint density at radius 1 is 0.303 bits per heavy atom. The number of unbranched alkanes of at least 4 members (excludes halogenated alkanes) is 65. The van der Waals surface area contributed by atoms with Crippen LogP contribution in [0.5, 0.6) is 0 Å². The first-order valence-corrected chi connectivity index (χ1v) is 41.1. The molecule has 0 aromatic heterocycles. The molecule has 0 bridgehead atoms. The molecule has 0 saturated carbocycles. The van der Waals surface area contributed by atoms with Gasteiger partial charge in [-0.25, -0.2) is 0 Å². The second-order valence-electron chi connectivity index (χ2n) is 28.5. The number of hydrogen-bond acceptors (Lipinski definition) is 5. The van der Waals surface area contributed by atoms with Crippen molar-refractivity contribution >= 4 is 11.9 Å². The number of amides is 1. The molecule has 1 amide bonds. The van der Waals surface area contributed by atoms with Crippen LogP contribution in [0.25, 0.3) is 0 Å². The Morgan fingerprint density at radius 3 is 0.798 bits per heavy atom. The van der Waals surface area contributed by atoms with Gasteiger partial charge in [-0.3, -0.25) is 9.59 Å². The number of allylic oxidation sites excluding steroid dienone is 3. The average Bonchev–Trinajstić information content (AvgIpc) is 3.58. The van der Waals surface area contributed by atoms with Gasteiger partial charge < -0.3 is 20.3 Å². The number of aliphatic hydroxyl groups excluding tert-OH is 2. The zero-order valence-electron chi connectivity index (χ0n) is 60.7. The van der Waals surface area contributed by atoms with Gasteiger partial charge in [0, 0.05) is 12.8 Å². The molecule has 3 N–H and O–H groups in total. The van der Waals surface area contributed by atoms with Crippen molar-refractivity contribution in [3.63, 3.8) is 0 Å². The predicted molar refractivity (Wildman–Crippen MR) is 393 cm³/mol. The Balaban J connectivity index is 3.36. The fourth-order valence-electron chi connectivity index (χ4n) is 13.2. The highest BCUT2D eigenvalue weighted by atomic mass is 16.5. The van der Waals surface area contributed by atoms with E-state index in [0.717, 1.165) is 38.5 Å². The summed E-state index contributed by atoms with van der Waals surface area (Å²) in [4.78, 5) is 24.6. The molecule has 2 unspecified atom stereocenters. The van der Waals surface area contributed by atoms with Crippen molar-refractivity contribution in [1.82, 2.24) is 5.32 Å². The molecule has 0 rings (SSSR count). The van der Waals surface area contributed by atoms with E-state index in [1.54, 1.807) is 6.08 Å². The lowest BCUT2D eigenvalue weighted by Crippen LogP contribution is -2.45. The molecule has 0 aromatic carbocycles. The largest absolute Gasteiger partial charge is 0.466 e. The second-order valence-corrected chi connectivity index (χ2v) is 28.5. The summed E-state index contributed by atoms with van der Waals surface area (Å²) >= 11 is 0. The molecule has 0 radical (unpaired) electrons. The van der Waals surface area contributed by atoms with Crippen molar-refractivity contribution in [3.8, 4) is 0 Å². The quantitative estimate of drug-likeness (QED) is 0.0320. The van der Waals surface area contributed by atoms with Gasteiger partial charge in [0.25, 0.3) is 0 Å². The number of carbonyl (C=O) groups is 2. The molecule has 0 aliphatic heterocycles. The number of ether oxygens (including phenoxy) is 1. The van der Waals surface area contributed by atoms with Gasteiger partial charge >= 0.3 is 5.97 Å². The van der Waals surface area contributed by atoms with Gasteiger partial charge in [-0.1, -0.05) is 423 Å². The van der Waals surface area contributed by atoms with Crippen LogP contribution < -0.4 is 5.32 Å². The number of hydrogen-bond donors (Lipinski definition) is 3. The van der Waals surface area contributed by atoms with Crippen LogP contribution in [0.15, 0.2) is 24.3 Å². The highest BCUT2D eigenvalue weighted by Gasteiger charge is 2.18. The Labute approximate surface area is 558 Å². The lowest BCUT2D eigenvalue weighted by molar-refractivity contribution is -0.143. The fourth-order valence-corrected chi connectivity index (χ4v) is 13.2. The number of rotatable bonds is 78. The van der Waals surface area contributed by atoms with Crippen molar-refractivity contribution in [2.75, 3.05) is 13.2 Å². The van der Waals surface area contributed by atoms with Crippen LogP contribution in [0.3, 0.4) is 0 Å². The third-order valence-electron chi connectivity index (χ3n) is 19.5. The first kappa shape index (κ1) is 87.3. The minimum Gasteiger partial charge on any atom is -0.466 e. The van der Waals surface area contributed by atoms with Crippen LogP contribution in [0.2, 0.25) is 0 Å². The van der Waals surface area contributed by atoms with Crippen LogP contribution >= 0.6 is 0 Å². The van der Waals surface area contributed by atoms with Gasteiger partial charge in [-0.15, -0.1) is 0 Å². The van der Waals surface area contributed by atoms with Crippen molar-refractivity contribution < 1.29 is 24.5 Å². The maximum absolute atomic E-state index is 12.6. The van der Waals surface area contributed by atoms with Gasteiger partial charge in [0.1, 0.15) is 0 Å². The van der Waals surface area contributed by atoms with E-state index in [9.17, 15) is 19.8 Å². The van der Waals surface area contributed by atoms with E-state index in [-0.39, 0.29) is 18.5 Å². The minimum absolute atomic E-state index is 0.0233. The Morgan fingerprint density at radius 2 is 0.528 bits per heavy atom. The van der Waals surface area contributed by atoms with Crippen LogP contribution in [0.4, 0.5) is 0 Å². The normalized spacial score (nSPS) is 12.5. The van der Waals surface area contributed by atoms with E-state index < -0.39 is 12.1 Å². The molecule has 89 heavy (non-hydrogen) atoms. The molecular weight excluding hydrogens is 1090 g/mol. The summed E-state index contributed by atoms with van der Waals surface area (Å²) in [6.07, 6.45) is 102. The molecule has 0 aliphatic rings. The minimum atomic E-state index is -0.843. The van der Waals surface area contributed by atoms with E-state index in [4.69, 9.17) is 4.74 Å². The highest BCUT2D eigenvalue weighted by molar-refractivity contribution is 5.76. The first-order chi connectivity index (χ1) is 44.0. The molecule has 0 heterocycles. The maximum atomic E-state index is 12.6. The molecule has 0 aliphatic carbocycles. The Hall–Kier alpha value is -1.66. The van der Waals surface area contributed by atoms with Crippen molar-refractivity contribution in [2.24, 2.45) is 0 Å². The summed E-state index contributed by atoms with van der Waals surface area (Å²) in [6.45, 7) is 4.96. The van der Waals surface area contributed by atoms with Gasteiger partial charge in [-0.05, 0) is 57.8 Å². The summed E-state index contributed by atoms with van der Waals surface area (Å²) in [5, 5.41) is 23.3. The fraction of sp³-hybridized carbons (Fsp3) is 0.928. The summed E-state index contributed by atoms with van der Waals surface area (Å²) in [6, 6.07) is -0.626. The third kappa shape index (κ3) is 75.3. The van der Waals surface area contributed by atoms with E-state index in [1.165, 1.54) is 405 Å². The second kappa shape index (κ2) is 78.8. The van der Waals surface area contributed by atoms with Crippen LogP contribution in [0, 0.1) is 0 Å². The Kier molecular flexibility index (Phi) is 77.3. The summed E-state index contributed by atoms with van der Waals surface area (Å²) in [5.41, 5.74) is 0. The number of esters is 1. The zero-order chi connectivity index (χ0) is 64.2. The van der Waals surface area contributed by atoms with Crippen molar-refractivity contribution in [1.29, 1.82) is 0 Å². The van der Waals surface area contributed by atoms with Crippen LogP contribution in [-0.4, -0.2) is 47.4 Å².